The number of hydrogen-bond acceptors (Lipinski definition) is 2. The summed E-state index contributed by atoms with van der Waals surface area (Å²) in [6.45, 7) is 0.283. The Labute approximate surface area is 89.2 Å². The van der Waals surface area contributed by atoms with E-state index in [-0.39, 0.29) is 16.8 Å². The Balaban J connectivity index is 3.29. The molecule has 0 unspecified atom stereocenters. The van der Waals surface area contributed by atoms with Gasteiger partial charge < -0.3 is 10.5 Å². The van der Waals surface area contributed by atoms with Gasteiger partial charge in [-0.2, -0.15) is 0 Å². The molecule has 0 aliphatic rings. The molecule has 0 bridgehead atoms. The smallest absolute Gasteiger partial charge is 0.147 e. The highest BCUT2D eigenvalue weighted by atomic mass is 79.9. The Bertz CT molecular complexity index is 344. The van der Waals surface area contributed by atoms with Gasteiger partial charge in [-0.3, -0.25) is 0 Å². The molecule has 1 aromatic carbocycles. The number of rotatable bonds is 3. The van der Waals surface area contributed by atoms with Gasteiger partial charge in [-0.25, -0.2) is 8.78 Å². The highest BCUT2D eigenvalue weighted by Gasteiger charge is 2.16. The van der Waals surface area contributed by atoms with Crippen molar-refractivity contribution in [2.24, 2.45) is 5.73 Å². The predicted molar refractivity (Wildman–Crippen MR) is 53.4 cm³/mol. The summed E-state index contributed by atoms with van der Waals surface area (Å²) >= 11 is 2.82. The second-order valence-electron chi connectivity index (χ2n) is 2.71. The van der Waals surface area contributed by atoms with Crippen molar-refractivity contribution in [3.63, 3.8) is 0 Å². The molecule has 0 spiro atoms. The van der Waals surface area contributed by atoms with Crippen molar-refractivity contribution in [2.45, 2.75) is 6.42 Å². The van der Waals surface area contributed by atoms with Crippen LogP contribution in [0.5, 0.6) is 5.75 Å². The summed E-state index contributed by atoms with van der Waals surface area (Å²) in [5.41, 5.74) is 5.60. The van der Waals surface area contributed by atoms with E-state index in [1.165, 1.54) is 7.11 Å². The molecule has 0 amide bonds. The van der Waals surface area contributed by atoms with Crippen molar-refractivity contribution in [2.75, 3.05) is 13.7 Å². The molecule has 0 radical (unpaired) electrons. The SMILES string of the molecule is COc1cc(F)c(Br)c(F)c1CCN. The van der Waals surface area contributed by atoms with Crippen LogP contribution < -0.4 is 10.5 Å². The first-order chi connectivity index (χ1) is 6.61. The van der Waals surface area contributed by atoms with Crippen LogP contribution in [0.4, 0.5) is 8.78 Å². The van der Waals surface area contributed by atoms with E-state index >= 15 is 0 Å². The topological polar surface area (TPSA) is 35.2 Å². The lowest BCUT2D eigenvalue weighted by Gasteiger charge is -2.10. The van der Waals surface area contributed by atoms with Crippen molar-refractivity contribution in [1.29, 1.82) is 0 Å². The number of benzene rings is 1. The third-order valence-corrected chi connectivity index (χ3v) is 2.56. The molecule has 5 heteroatoms. The first-order valence-electron chi connectivity index (χ1n) is 4.02. The highest BCUT2D eigenvalue weighted by molar-refractivity contribution is 9.10. The van der Waals surface area contributed by atoms with Crippen molar-refractivity contribution in [3.05, 3.63) is 27.7 Å². The van der Waals surface area contributed by atoms with E-state index in [1.54, 1.807) is 0 Å². The molecule has 0 saturated carbocycles. The molecule has 0 aliphatic carbocycles. The minimum Gasteiger partial charge on any atom is -0.496 e. The van der Waals surface area contributed by atoms with Crippen LogP contribution in [-0.4, -0.2) is 13.7 Å². The normalized spacial score (nSPS) is 10.4. The molecular weight excluding hydrogens is 256 g/mol. The van der Waals surface area contributed by atoms with Crippen LogP contribution in [0, 0.1) is 11.6 Å². The summed E-state index contributed by atoms with van der Waals surface area (Å²) in [5.74, 6) is -1.14. The van der Waals surface area contributed by atoms with Gasteiger partial charge in [0.2, 0.25) is 0 Å². The molecule has 0 aliphatic heterocycles. The maximum Gasteiger partial charge on any atom is 0.147 e. The summed E-state index contributed by atoms with van der Waals surface area (Å²) in [7, 11) is 1.36. The first kappa shape index (κ1) is 11.4. The van der Waals surface area contributed by atoms with Gasteiger partial charge in [0.05, 0.1) is 11.6 Å². The second kappa shape index (κ2) is 4.70. The zero-order chi connectivity index (χ0) is 10.7. The molecule has 0 aromatic heterocycles. The van der Waals surface area contributed by atoms with Crippen LogP contribution in [0.1, 0.15) is 5.56 Å². The summed E-state index contributed by atoms with van der Waals surface area (Å²) < 4.78 is 31.2. The molecule has 78 valence electrons. The van der Waals surface area contributed by atoms with E-state index in [0.717, 1.165) is 6.07 Å². The van der Waals surface area contributed by atoms with Gasteiger partial charge in [0.25, 0.3) is 0 Å². The molecule has 1 rings (SSSR count). The Morgan fingerprint density at radius 1 is 1.50 bits per heavy atom. The Hall–Kier alpha value is -0.680. The lowest BCUT2D eigenvalue weighted by molar-refractivity contribution is 0.398. The fraction of sp³-hybridized carbons (Fsp3) is 0.333. The zero-order valence-electron chi connectivity index (χ0n) is 7.61. The maximum atomic E-state index is 13.5. The number of ether oxygens (including phenoxy) is 1. The summed E-state index contributed by atoms with van der Waals surface area (Å²) in [5, 5.41) is 0. The predicted octanol–water partition coefficient (Wildman–Crippen LogP) is 2.24. The Morgan fingerprint density at radius 2 is 2.14 bits per heavy atom. The third-order valence-electron chi connectivity index (χ3n) is 1.84. The molecular formula is C9H10BrF2NO. The molecule has 2 N–H and O–H groups in total. The average Bonchev–Trinajstić information content (AvgIpc) is 2.19. The number of methoxy groups -OCH3 is 1. The van der Waals surface area contributed by atoms with Gasteiger partial charge in [-0.05, 0) is 28.9 Å². The Kier molecular flexibility index (Phi) is 3.83. The average molecular weight is 266 g/mol. The van der Waals surface area contributed by atoms with E-state index in [0.29, 0.717) is 12.0 Å². The van der Waals surface area contributed by atoms with Crippen molar-refractivity contribution >= 4 is 15.9 Å². The lowest BCUT2D eigenvalue weighted by atomic mass is 10.1. The van der Waals surface area contributed by atoms with Gasteiger partial charge in [-0.15, -0.1) is 0 Å². The van der Waals surface area contributed by atoms with Gasteiger partial charge in [-0.1, -0.05) is 0 Å². The van der Waals surface area contributed by atoms with Crippen LogP contribution in [0.3, 0.4) is 0 Å². The lowest BCUT2D eigenvalue weighted by Crippen LogP contribution is -2.07. The zero-order valence-corrected chi connectivity index (χ0v) is 9.20. The maximum absolute atomic E-state index is 13.5. The Morgan fingerprint density at radius 3 is 2.64 bits per heavy atom. The molecule has 1 aromatic rings. The molecule has 0 atom stereocenters. The van der Waals surface area contributed by atoms with Crippen LogP contribution in [-0.2, 0) is 6.42 Å². The summed E-state index contributed by atoms with van der Waals surface area (Å²) in [6.07, 6.45) is 0.313. The van der Waals surface area contributed by atoms with Crippen LogP contribution in [0.2, 0.25) is 0 Å². The second-order valence-corrected chi connectivity index (χ2v) is 3.50. The number of halogens is 3. The van der Waals surface area contributed by atoms with E-state index in [4.69, 9.17) is 10.5 Å². The molecule has 0 heterocycles. The first-order valence-corrected chi connectivity index (χ1v) is 4.81. The van der Waals surface area contributed by atoms with Crippen molar-refractivity contribution < 1.29 is 13.5 Å². The van der Waals surface area contributed by atoms with Gasteiger partial charge >= 0.3 is 0 Å². The molecule has 14 heavy (non-hydrogen) atoms. The minimum absolute atomic E-state index is 0.179. The van der Waals surface area contributed by atoms with Crippen LogP contribution in [0.15, 0.2) is 10.5 Å². The number of nitrogens with two attached hydrogens (primary N) is 1. The molecule has 0 fully saturated rings. The standard InChI is InChI=1S/C9H10BrF2NO/c1-14-7-4-6(11)8(10)9(12)5(7)2-3-13/h4H,2-3,13H2,1H3. The monoisotopic (exact) mass is 265 g/mol. The fourth-order valence-corrected chi connectivity index (χ4v) is 1.52. The third kappa shape index (κ3) is 2.04. The van der Waals surface area contributed by atoms with Gasteiger partial charge in [0.1, 0.15) is 17.4 Å². The summed E-state index contributed by atoms with van der Waals surface area (Å²) in [6, 6.07) is 1.14. The highest BCUT2D eigenvalue weighted by Crippen LogP contribution is 2.30. The molecule has 0 saturated heterocycles. The van der Waals surface area contributed by atoms with E-state index in [1.807, 2.05) is 0 Å². The molecule has 2 nitrogen and oxygen atoms in total. The van der Waals surface area contributed by atoms with Crippen molar-refractivity contribution in [3.8, 4) is 5.75 Å². The van der Waals surface area contributed by atoms with E-state index < -0.39 is 11.6 Å². The van der Waals surface area contributed by atoms with Gasteiger partial charge in [0, 0.05) is 11.6 Å². The van der Waals surface area contributed by atoms with Crippen LogP contribution in [0.25, 0.3) is 0 Å². The van der Waals surface area contributed by atoms with Gasteiger partial charge in [0.15, 0.2) is 0 Å². The van der Waals surface area contributed by atoms with Crippen molar-refractivity contribution in [1.82, 2.24) is 0 Å². The quantitative estimate of drug-likeness (QED) is 0.851. The van der Waals surface area contributed by atoms with E-state index in [2.05, 4.69) is 15.9 Å². The summed E-state index contributed by atoms with van der Waals surface area (Å²) in [4.78, 5) is 0. The fourth-order valence-electron chi connectivity index (χ4n) is 1.17. The van der Waals surface area contributed by atoms with E-state index in [9.17, 15) is 8.78 Å². The largest absolute Gasteiger partial charge is 0.496 e. The van der Waals surface area contributed by atoms with Crippen LogP contribution >= 0.6 is 15.9 Å². The number of hydrogen-bond donors (Lipinski definition) is 1. The minimum atomic E-state index is -0.680.